The highest BCUT2D eigenvalue weighted by atomic mass is 32.1. The lowest BCUT2D eigenvalue weighted by Gasteiger charge is -1.95. The molecule has 0 radical (unpaired) electrons. The zero-order valence-corrected chi connectivity index (χ0v) is 12.8. The van der Waals surface area contributed by atoms with Crippen LogP contribution >= 0.6 is 22.7 Å². The lowest BCUT2D eigenvalue weighted by atomic mass is 10.4. The summed E-state index contributed by atoms with van der Waals surface area (Å²) in [4.78, 5) is 18.6. The molecule has 1 amide bonds. The van der Waals surface area contributed by atoms with Crippen molar-refractivity contribution in [2.24, 2.45) is 0 Å². The maximum absolute atomic E-state index is 11.8. The number of thiazole rings is 1. The third-order valence-corrected chi connectivity index (χ3v) is 4.45. The molecule has 106 valence electrons. The average Bonchev–Trinajstić information content (AvgIpc) is 3.17. The Morgan fingerprint density at radius 2 is 2.29 bits per heavy atom. The fraction of sp³-hybridized carbons (Fsp3) is 0.0667. The van der Waals surface area contributed by atoms with Gasteiger partial charge in [-0.2, -0.15) is 0 Å². The predicted octanol–water partition coefficient (Wildman–Crippen LogP) is 4.42. The van der Waals surface area contributed by atoms with Gasteiger partial charge < -0.3 is 4.42 Å². The maximum atomic E-state index is 11.8. The van der Waals surface area contributed by atoms with E-state index < -0.39 is 0 Å². The second-order valence-electron chi connectivity index (χ2n) is 4.29. The van der Waals surface area contributed by atoms with Crippen LogP contribution in [-0.2, 0) is 4.79 Å². The number of nitrogens with zero attached hydrogens (tertiary/aromatic N) is 1. The van der Waals surface area contributed by atoms with E-state index in [-0.39, 0.29) is 5.91 Å². The van der Waals surface area contributed by atoms with E-state index in [9.17, 15) is 4.79 Å². The molecule has 0 saturated heterocycles. The SMILES string of the molecule is Cc1ccc(-c2csc(NC(=O)/C=C/c3ccco3)n2)s1. The van der Waals surface area contributed by atoms with Crippen LogP contribution in [0.25, 0.3) is 16.6 Å². The molecule has 0 aliphatic rings. The van der Waals surface area contributed by atoms with Gasteiger partial charge in [0.15, 0.2) is 5.13 Å². The minimum absolute atomic E-state index is 0.227. The van der Waals surface area contributed by atoms with Crippen LogP contribution in [0.3, 0.4) is 0 Å². The molecule has 3 aromatic heterocycles. The van der Waals surface area contributed by atoms with Crippen LogP contribution in [0, 0.1) is 6.92 Å². The van der Waals surface area contributed by atoms with Crippen molar-refractivity contribution in [3.8, 4) is 10.6 Å². The summed E-state index contributed by atoms with van der Waals surface area (Å²) < 4.78 is 5.12. The van der Waals surface area contributed by atoms with Gasteiger partial charge in [-0.3, -0.25) is 10.1 Å². The summed E-state index contributed by atoms with van der Waals surface area (Å²) in [5.74, 6) is 0.411. The molecule has 0 bridgehead atoms. The Hall–Kier alpha value is -2.18. The standard InChI is InChI=1S/C15H12N2O2S2/c1-10-4-6-13(21-10)12-9-20-15(16-12)17-14(18)7-5-11-3-2-8-19-11/h2-9H,1H3,(H,16,17,18)/b7-5+. The monoisotopic (exact) mass is 316 g/mol. The van der Waals surface area contributed by atoms with E-state index in [2.05, 4.69) is 23.3 Å². The molecule has 0 aliphatic heterocycles. The fourth-order valence-electron chi connectivity index (χ4n) is 1.71. The quantitative estimate of drug-likeness (QED) is 0.725. The Bertz CT molecular complexity index is 769. The van der Waals surface area contributed by atoms with Crippen molar-refractivity contribution in [2.75, 3.05) is 5.32 Å². The number of hydrogen-bond donors (Lipinski definition) is 1. The van der Waals surface area contributed by atoms with Crippen molar-refractivity contribution in [1.82, 2.24) is 4.98 Å². The summed E-state index contributed by atoms with van der Waals surface area (Å²) in [5, 5.41) is 5.28. The molecule has 6 heteroatoms. The molecule has 3 aromatic rings. The molecule has 3 heterocycles. The summed E-state index contributed by atoms with van der Waals surface area (Å²) in [6.07, 6.45) is 4.61. The first-order valence-corrected chi connectivity index (χ1v) is 7.95. The van der Waals surface area contributed by atoms with E-state index in [4.69, 9.17) is 4.42 Å². The molecule has 0 spiro atoms. The molecule has 0 saturated carbocycles. The normalized spacial score (nSPS) is 11.1. The van der Waals surface area contributed by atoms with Crippen molar-refractivity contribution < 1.29 is 9.21 Å². The number of aryl methyl sites for hydroxylation is 1. The van der Waals surface area contributed by atoms with Crippen LogP contribution in [0.4, 0.5) is 5.13 Å². The smallest absolute Gasteiger partial charge is 0.250 e. The average molecular weight is 316 g/mol. The van der Waals surface area contributed by atoms with Crippen LogP contribution in [0.15, 0.2) is 46.4 Å². The Balaban J connectivity index is 1.65. The van der Waals surface area contributed by atoms with E-state index >= 15 is 0 Å². The summed E-state index contributed by atoms with van der Waals surface area (Å²) >= 11 is 3.10. The largest absolute Gasteiger partial charge is 0.465 e. The highest BCUT2D eigenvalue weighted by Crippen LogP contribution is 2.30. The Kier molecular flexibility index (Phi) is 3.98. The maximum Gasteiger partial charge on any atom is 0.250 e. The molecular formula is C15H12N2O2S2. The number of rotatable bonds is 4. The molecule has 0 fully saturated rings. The van der Waals surface area contributed by atoms with Gasteiger partial charge in [0, 0.05) is 16.3 Å². The van der Waals surface area contributed by atoms with Crippen LogP contribution in [0.1, 0.15) is 10.6 Å². The van der Waals surface area contributed by atoms with Crippen molar-refractivity contribution in [3.63, 3.8) is 0 Å². The van der Waals surface area contributed by atoms with Gasteiger partial charge in [-0.1, -0.05) is 0 Å². The van der Waals surface area contributed by atoms with E-state index in [1.165, 1.54) is 22.3 Å². The highest BCUT2D eigenvalue weighted by molar-refractivity contribution is 7.17. The van der Waals surface area contributed by atoms with Crippen molar-refractivity contribution in [1.29, 1.82) is 0 Å². The Morgan fingerprint density at radius 1 is 1.38 bits per heavy atom. The second-order valence-corrected chi connectivity index (χ2v) is 6.43. The lowest BCUT2D eigenvalue weighted by Crippen LogP contribution is -2.07. The first-order chi connectivity index (χ1) is 10.2. The number of amides is 1. The van der Waals surface area contributed by atoms with E-state index in [1.807, 2.05) is 11.4 Å². The topological polar surface area (TPSA) is 55.1 Å². The molecule has 3 rings (SSSR count). The summed E-state index contributed by atoms with van der Waals surface area (Å²) in [7, 11) is 0. The minimum atomic E-state index is -0.227. The van der Waals surface area contributed by atoms with Gasteiger partial charge in [-0.25, -0.2) is 4.98 Å². The number of thiophene rings is 1. The Morgan fingerprint density at radius 3 is 3.00 bits per heavy atom. The first kappa shape index (κ1) is 13.8. The molecule has 1 N–H and O–H groups in total. The predicted molar refractivity (Wildman–Crippen MR) is 86.5 cm³/mol. The molecule has 21 heavy (non-hydrogen) atoms. The van der Waals surface area contributed by atoms with Gasteiger partial charge in [-0.05, 0) is 37.3 Å². The number of anilines is 1. The molecule has 0 atom stereocenters. The van der Waals surface area contributed by atoms with Gasteiger partial charge in [0.05, 0.1) is 16.8 Å². The van der Waals surface area contributed by atoms with Crippen molar-refractivity contribution in [3.05, 3.63) is 52.6 Å². The van der Waals surface area contributed by atoms with Gasteiger partial charge >= 0.3 is 0 Å². The zero-order valence-electron chi connectivity index (χ0n) is 11.2. The van der Waals surface area contributed by atoms with Crippen molar-refractivity contribution in [2.45, 2.75) is 6.92 Å². The molecule has 0 unspecified atom stereocenters. The fourth-order valence-corrected chi connectivity index (χ4v) is 3.32. The van der Waals surface area contributed by atoms with Gasteiger partial charge in [-0.15, -0.1) is 22.7 Å². The van der Waals surface area contributed by atoms with E-state index in [0.717, 1.165) is 10.6 Å². The molecule has 0 aromatic carbocycles. The number of aromatic nitrogens is 1. The number of furan rings is 1. The molecule has 0 aliphatic carbocycles. The first-order valence-electron chi connectivity index (χ1n) is 6.25. The van der Waals surface area contributed by atoms with Gasteiger partial charge in [0.1, 0.15) is 5.76 Å². The highest BCUT2D eigenvalue weighted by Gasteiger charge is 2.08. The van der Waals surface area contributed by atoms with Gasteiger partial charge in [0.25, 0.3) is 0 Å². The third kappa shape index (κ3) is 3.48. The van der Waals surface area contributed by atoms with Gasteiger partial charge in [0.2, 0.25) is 5.91 Å². The van der Waals surface area contributed by atoms with E-state index in [1.54, 1.807) is 35.8 Å². The van der Waals surface area contributed by atoms with Crippen molar-refractivity contribution >= 4 is 39.8 Å². The Labute approximate surface area is 129 Å². The summed E-state index contributed by atoms with van der Waals surface area (Å²) in [6.45, 7) is 2.06. The minimum Gasteiger partial charge on any atom is -0.465 e. The van der Waals surface area contributed by atoms with Crippen LogP contribution in [0.2, 0.25) is 0 Å². The van der Waals surface area contributed by atoms with E-state index in [0.29, 0.717) is 10.9 Å². The number of nitrogens with one attached hydrogen (secondary N) is 1. The number of carbonyl (C=O) groups excluding carboxylic acids is 1. The third-order valence-electron chi connectivity index (χ3n) is 2.67. The van der Waals surface area contributed by atoms with Crippen LogP contribution < -0.4 is 5.32 Å². The second kappa shape index (κ2) is 6.07. The summed E-state index contributed by atoms with van der Waals surface area (Å²) in [6, 6.07) is 7.65. The number of carbonyl (C=O) groups is 1. The summed E-state index contributed by atoms with van der Waals surface area (Å²) in [5.41, 5.74) is 0.892. The van der Waals surface area contributed by atoms with Crippen LogP contribution in [-0.4, -0.2) is 10.9 Å². The lowest BCUT2D eigenvalue weighted by molar-refractivity contribution is -0.111. The molecular weight excluding hydrogens is 304 g/mol. The van der Waals surface area contributed by atoms with Crippen LogP contribution in [0.5, 0.6) is 0 Å². The zero-order chi connectivity index (χ0) is 14.7. The molecule has 4 nitrogen and oxygen atoms in total. The number of hydrogen-bond acceptors (Lipinski definition) is 5.